The van der Waals surface area contributed by atoms with Crippen molar-refractivity contribution in [1.82, 2.24) is 10.3 Å². The fourth-order valence-corrected chi connectivity index (χ4v) is 1.15. The highest BCUT2D eigenvalue weighted by atomic mass is 19.1. The molecule has 0 saturated heterocycles. The molecule has 0 fully saturated rings. The highest BCUT2D eigenvalue weighted by molar-refractivity contribution is 5.09. The molecule has 0 radical (unpaired) electrons. The molecular formula is C11H17FN2O. The zero-order valence-electron chi connectivity index (χ0n) is 9.13. The van der Waals surface area contributed by atoms with Gasteiger partial charge in [-0.25, -0.2) is 4.39 Å². The Morgan fingerprint density at radius 1 is 1.53 bits per heavy atom. The third kappa shape index (κ3) is 4.36. The molecule has 0 bridgehead atoms. The van der Waals surface area contributed by atoms with E-state index in [0.717, 1.165) is 5.56 Å². The molecule has 2 N–H and O–H groups in total. The summed E-state index contributed by atoms with van der Waals surface area (Å²) in [6.45, 7) is 4.69. The van der Waals surface area contributed by atoms with Crippen LogP contribution < -0.4 is 5.32 Å². The minimum atomic E-state index is -0.708. The van der Waals surface area contributed by atoms with E-state index in [4.69, 9.17) is 0 Å². The third-order valence-electron chi connectivity index (χ3n) is 2.36. The van der Waals surface area contributed by atoms with Gasteiger partial charge in [-0.15, -0.1) is 0 Å². The van der Waals surface area contributed by atoms with Crippen LogP contribution in [0.3, 0.4) is 0 Å². The second-order valence-electron chi connectivity index (χ2n) is 3.97. The van der Waals surface area contributed by atoms with Gasteiger partial charge in [0.2, 0.25) is 0 Å². The van der Waals surface area contributed by atoms with Crippen molar-refractivity contribution >= 4 is 0 Å². The number of nitrogens with zero attached hydrogens (tertiary/aromatic N) is 1. The maximum Gasteiger partial charge on any atom is 0.141 e. The second kappa shape index (κ2) is 5.19. The summed E-state index contributed by atoms with van der Waals surface area (Å²) >= 11 is 0. The predicted octanol–water partition coefficient (Wildman–Crippen LogP) is 1.47. The van der Waals surface area contributed by atoms with Crippen molar-refractivity contribution < 1.29 is 9.50 Å². The highest BCUT2D eigenvalue weighted by Crippen LogP contribution is 2.07. The molecule has 0 aliphatic carbocycles. The van der Waals surface area contributed by atoms with Crippen molar-refractivity contribution in [3.05, 3.63) is 29.8 Å². The van der Waals surface area contributed by atoms with Crippen LogP contribution in [0.15, 0.2) is 18.5 Å². The second-order valence-corrected chi connectivity index (χ2v) is 3.97. The summed E-state index contributed by atoms with van der Waals surface area (Å²) in [5, 5.41) is 12.8. The van der Waals surface area contributed by atoms with Crippen molar-refractivity contribution in [2.24, 2.45) is 0 Å². The van der Waals surface area contributed by atoms with E-state index in [9.17, 15) is 9.50 Å². The molecule has 3 nitrogen and oxygen atoms in total. The van der Waals surface area contributed by atoms with Crippen molar-refractivity contribution in [3.8, 4) is 0 Å². The minimum Gasteiger partial charge on any atom is -0.389 e. The Morgan fingerprint density at radius 2 is 2.27 bits per heavy atom. The molecule has 0 aliphatic heterocycles. The van der Waals surface area contributed by atoms with E-state index in [0.29, 0.717) is 19.5 Å². The first-order chi connectivity index (χ1) is 7.03. The number of aromatic nitrogens is 1. The van der Waals surface area contributed by atoms with Gasteiger partial charge in [0.1, 0.15) is 5.82 Å². The molecule has 1 aromatic rings. The zero-order chi connectivity index (χ0) is 11.3. The van der Waals surface area contributed by atoms with E-state index in [1.807, 2.05) is 6.92 Å². The van der Waals surface area contributed by atoms with Gasteiger partial charge in [-0.2, -0.15) is 0 Å². The molecule has 0 saturated carbocycles. The monoisotopic (exact) mass is 212 g/mol. The molecule has 0 aromatic carbocycles. The van der Waals surface area contributed by atoms with Gasteiger partial charge >= 0.3 is 0 Å². The average molecular weight is 212 g/mol. The van der Waals surface area contributed by atoms with Gasteiger partial charge in [0.15, 0.2) is 0 Å². The first kappa shape index (κ1) is 12.1. The van der Waals surface area contributed by atoms with E-state index in [2.05, 4.69) is 10.3 Å². The fraction of sp³-hybridized carbons (Fsp3) is 0.545. The summed E-state index contributed by atoms with van der Waals surface area (Å²) in [6, 6.07) is 1.43. The van der Waals surface area contributed by atoms with Gasteiger partial charge in [-0.3, -0.25) is 4.98 Å². The molecule has 1 atom stereocenters. The van der Waals surface area contributed by atoms with E-state index in [1.54, 1.807) is 13.1 Å². The molecular weight excluding hydrogens is 195 g/mol. The van der Waals surface area contributed by atoms with Crippen LogP contribution in [0, 0.1) is 5.82 Å². The number of hydrogen-bond donors (Lipinski definition) is 2. The van der Waals surface area contributed by atoms with Gasteiger partial charge < -0.3 is 10.4 Å². The van der Waals surface area contributed by atoms with E-state index >= 15 is 0 Å². The average Bonchev–Trinajstić information content (AvgIpc) is 2.18. The number of rotatable bonds is 5. The largest absolute Gasteiger partial charge is 0.389 e. The van der Waals surface area contributed by atoms with Crippen LogP contribution >= 0.6 is 0 Å². The maximum atomic E-state index is 12.8. The first-order valence-electron chi connectivity index (χ1n) is 5.06. The maximum absolute atomic E-state index is 12.8. The lowest BCUT2D eigenvalue weighted by molar-refractivity contribution is 0.0555. The number of nitrogens with one attached hydrogen (secondary N) is 1. The summed E-state index contributed by atoms with van der Waals surface area (Å²) in [5.41, 5.74) is 0.0720. The number of hydrogen-bond acceptors (Lipinski definition) is 3. The lowest BCUT2D eigenvalue weighted by atomic mass is 10.0. The quantitative estimate of drug-likeness (QED) is 0.777. The molecule has 4 heteroatoms. The van der Waals surface area contributed by atoms with Gasteiger partial charge in [0.05, 0.1) is 11.8 Å². The molecule has 1 unspecified atom stereocenters. The molecule has 1 rings (SSSR count). The van der Waals surface area contributed by atoms with Gasteiger partial charge in [-0.05, 0) is 25.0 Å². The Bertz CT molecular complexity index is 315. The Labute approximate surface area is 89.4 Å². The SMILES string of the molecule is CCC(C)(O)CNCc1cncc(F)c1. The van der Waals surface area contributed by atoms with E-state index < -0.39 is 5.60 Å². The van der Waals surface area contributed by atoms with E-state index in [1.165, 1.54) is 12.3 Å². The first-order valence-corrected chi connectivity index (χ1v) is 5.06. The number of pyridine rings is 1. The Hall–Kier alpha value is -1.00. The summed E-state index contributed by atoms with van der Waals surface area (Å²) in [4.78, 5) is 3.74. The summed E-state index contributed by atoms with van der Waals surface area (Å²) in [7, 11) is 0. The Morgan fingerprint density at radius 3 is 2.87 bits per heavy atom. The molecule has 0 spiro atoms. The van der Waals surface area contributed by atoms with Crippen LogP contribution in [0.4, 0.5) is 4.39 Å². The summed E-state index contributed by atoms with van der Waals surface area (Å²) in [5.74, 6) is -0.337. The molecule has 84 valence electrons. The van der Waals surface area contributed by atoms with Gasteiger partial charge in [0.25, 0.3) is 0 Å². The van der Waals surface area contributed by atoms with Crippen LogP contribution in [-0.2, 0) is 6.54 Å². The van der Waals surface area contributed by atoms with Crippen LogP contribution in [0.5, 0.6) is 0 Å². The topological polar surface area (TPSA) is 45.1 Å². The highest BCUT2D eigenvalue weighted by Gasteiger charge is 2.16. The Balaban J connectivity index is 2.38. The minimum absolute atomic E-state index is 0.337. The smallest absolute Gasteiger partial charge is 0.141 e. The van der Waals surface area contributed by atoms with E-state index in [-0.39, 0.29) is 5.82 Å². The van der Waals surface area contributed by atoms with Crippen molar-refractivity contribution in [2.45, 2.75) is 32.4 Å². The summed E-state index contributed by atoms with van der Waals surface area (Å²) in [6.07, 6.45) is 3.46. The van der Waals surface area contributed by atoms with Gasteiger partial charge in [-0.1, -0.05) is 6.92 Å². The van der Waals surface area contributed by atoms with Crippen LogP contribution in [-0.4, -0.2) is 22.2 Å². The Kier molecular flexibility index (Phi) is 4.17. The molecule has 1 heterocycles. The molecule has 0 aliphatic rings. The van der Waals surface area contributed by atoms with Crippen LogP contribution in [0.1, 0.15) is 25.8 Å². The zero-order valence-corrected chi connectivity index (χ0v) is 9.13. The molecule has 15 heavy (non-hydrogen) atoms. The third-order valence-corrected chi connectivity index (χ3v) is 2.36. The molecule has 1 aromatic heterocycles. The number of halogens is 1. The van der Waals surface area contributed by atoms with Crippen molar-refractivity contribution in [3.63, 3.8) is 0 Å². The van der Waals surface area contributed by atoms with Crippen molar-refractivity contribution in [1.29, 1.82) is 0 Å². The van der Waals surface area contributed by atoms with Crippen LogP contribution in [0.2, 0.25) is 0 Å². The lowest BCUT2D eigenvalue weighted by Crippen LogP contribution is -2.36. The lowest BCUT2D eigenvalue weighted by Gasteiger charge is -2.21. The normalized spacial score (nSPS) is 14.9. The summed E-state index contributed by atoms with van der Waals surface area (Å²) < 4.78 is 12.8. The predicted molar refractivity (Wildman–Crippen MR) is 56.8 cm³/mol. The van der Waals surface area contributed by atoms with Crippen LogP contribution in [0.25, 0.3) is 0 Å². The van der Waals surface area contributed by atoms with Crippen molar-refractivity contribution in [2.75, 3.05) is 6.54 Å². The standard InChI is InChI=1S/C11H17FN2O/c1-3-11(2,15)8-14-6-9-4-10(12)7-13-5-9/h4-5,7,14-15H,3,6,8H2,1-2H3. The molecule has 0 amide bonds. The van der Waals surface area contributed by atoms with Gasteiger partial charge in [0, 0.05) is 19.3 Å². The number of aliphatic hydroxyl groups is 1. The fourth-order valence-electron chi connectivity index (χ4n) is 1.15.